The molecular formula is C18H14ClN2O3S-. The van der Waals surface area contributed by atoms with Crippen molar-refractivity contribution in [1.29, 1.82) is 0 Å². The predicted octanol–water partition coefficient (Wildman–Crippen LogP) is 3.51. The first-order valence-electron chi connectivity index (χ1n) is 7.41. The van der Waals surface area contributed by atoms with Crippen LogP contribution in [-0.2, 0) is 11.2 Å². The minimum absolute atomic E-state index is 0.193. The van der Waals surface area contributed by atoms with Gasteiger partial charge in [-0.2, -0.15) is 0 Å². The van der Waals surface area contributed by atoms with Crippen molar-refractivity contribution in [2.24, 2.45) is 0 Å². The molecule has 1 aromatic heterocycles. The topological polar surface area (TPSA) is 74.3 Å². The van der Waals surface area contributed by atoms with Crippen LogP contribution in [0.5, 0.6) is 5.75 Å². The SMILES string of the molecule is COc1ccc(-c2nc(Nc3ccc(Cl)cc3)sc2CC(=O)[O-])cc1. The van der Waals surface area contributed by atoms with E-state index in [-0.39, 0.29) is 6.42 Å². The zero-order valence-electron chi connectivity index (χ0n) is 13.3. The van der Waals surface area contributed by atoms with E-state index >= 15 is 0 Å². The molecule has 0 fully saturated rings. The molecule has 0 radical (unpaired) electrons. The molecule has 3 rings (SSSR count). The number of nitrogens with one attached hydrogen (secondary N) is 1. The third-order valence-electron chi connectivity index (χ3n) is 3.46. The molecule has 0 bridgehead atoms. The number of hydrogen-bond donors (Lipinski definition) is 1. The minimum atomic E-state index is -1.14. The molecule has 1 N–H and O–H groups in total. The zero-order chi connectivity index (χ0) is 17.8. The highest BCUT2D eigenvalue weighted by atomic mass is 35.5. The molecule has 0 unspecified atom stereocenters. The van der Waals surface area contributed by atoms with E-state index in [9.17, 15) is 9.90 Å². The Morgan fingerprint density at radius 1 is 1.20 bits per heavy atom. The van der Waals surface area contributed by atoms with Crippen LogP contribution in [0.3, 0.4) is 0 Å². The van der Waals surface area contributed by atoms with Crippen LogP contribution in [0.4, 0.5) is 10.8 Å². The third-order valence-corrected chi connectivity index (χ3v) is 4.68. The fourth-order valence-corrected chi connectivity index (χ4v) is 3.40. The first-order chi connectivity index (χ1) is 12.0. The number of thiazole rings is 1. The van der Waals surface area contributed by atoms with Crippen LogP contribution in [0.15, 0.2) is 48.5 Å². The van der Waals surface area contributed by atoms with Gasteiger partial charge in [0.2, 0.25) is 0 Å². The number of rotatable bonds is 6. The second-order valence-electron chi connectivity index (χ2n) is 5.20. The average Bonchev–Trinajstić information content (AvgIpc) is 2.98. The highest BCUT2D eigenvalue weighted by Crippen LogP contribution is 2.34. The summed E-state index contributed by atoms with van der Waals surface area (Å²) in [6.07, 6.45) is -0.193. The molecule has 5 nitrogen and oxygen atoms in total. The van der Waals surface area contributed by atoms with Crippen molar-refractivity contribution in [1.82, 2.24) is 4.98 Å². The molecule has 25 heavy (non-hydrogen) atoms. The Labute approximate surface area is 153 Å². The Balaban J connectivity index is 1.93. The lowest BCUT2D eigenvalue weighted by Gasteiger charge is -2.04. The smallest absolute Gasteiger partial charge is 0.187 e. The van der Waals surface area contributed by atoms with Crippen molar-refractivity contribution in [3.05, 3.63) is 58.4 Å². The first kappa shape index (κ1) is 17.3. The van der Waals surface area contributed by atoms with E-state index in [1.807, 2.05) is 36.4 Å². The summed E-state index contributed by atoms with van der Waals surface area (Å²) in [5.74, 6) is -0.420. The van der Waals surface area contributed by atoms with Crippen LogP contribution in [-0.4, -0.2) is 18.1 Å². The largest absolute Gasteiger partial charge is 0.550 e. The van der Waals surface area contributed by atoms with E-state index < -0.39 is 5.97 Å². The molecule has 7 heteroatoms. The lowest BCUT2D eigenvalue weighted by Crippen LogP contribution is -2.24. The van der Waals surface area contributed by atoms with Gasteiger partial charge in [-0.3, -0.25) is 0 Å². The van der Waals surface area contributed by atoms with Gasteiger partial charge in [0, 0.05) is 33.5 Å². The quantitative estimate of drug-likeness (QED) is 0.715. The Hall–Kier alpha value is -2.57. The number of carbonyl (C=O) groups is 1. The van der Waals surface area contributed by atoms with Gasteiger partial charge in [0.15, 0.2) is 5.13 Å². The van der Waals surface area contributed by atoms with Gasteiger partial charge in [-0.05, 0) is 48.5 Å². The fourth-order valence-electron chi connectivity index (χ4n) is 2.29. The van der Waals surface area contributed by atoms with E-state index in [0.717, 1.165) is 17.0 Å². The number of carboxylic acid groups (broad SMARTS) is 1. The number of ether oxygens (including phenoxy) is 1. The number of nitrogens with zero attached hydrogens (tertiary/aromatic N) is 1. The standard InChI is InChI=1S/C18H15ClN2O3S/c1-24-14-8-2-11(3-9-14)17-15(10-16(22)23)25-18(21-17)20-13-6-4-12(19)5-7-13/h2-9H,10H2,1H3,(H,20,21)(H,22,23)/p-1. The monoisotopic (exact) mass is 373 g/mol. The second-order valence-corrected chi connectivity index (χ2v) is 6.72. The summed E-state index contributed by atoms with van der Waals surface area (Å²) < 4.78 is 5.15. The molecular weight excluding hydrogens is 360 g/mol. The van der Waals surface area contributed by atoms with Crippen LogP contribution in [0.1, 0.15) is 4.88 Å². The summed E-state index contributed by atoms with van der Waals surface area (Å²) in [4.78, 5) is 16.2. The van der Waals surface area contributed by atoms with E-state index in [1.54, 1.807) is 19.2 Å². The molecule has 3 aromatic rings. The number of carbonyl (C=O) groups excluding carboxylic acids is 1. The molecule has 0 saturated carbocycles. The molecule has 0 aliphatic heterocycles. The summed E-state index contributed by atoms with van der Waals surface area (Å²) in [7, 11) is 1.59. The van der Waals surface area contributed by atoms with Crippen molar-refractivity contribution in [3.63, 3.8) is 0 Å². The molecule has 2 aromatic carbocycles. The zero-order valence-corrected chi connectivity index (χ0v) is 14.9. The van der Waals surface area contributed by atoms with Crippen LogP contribution in [0.25, 0.3) is 11.3 Å². The molecule has 0 atom stereocenters. The number of benzene rings is 2. The Morgan fingerprint density at radius 2 is 1.88 bits per heavy atom. The van der Waals surface area contributed by atoms with Crippen molar-refractivity contribution >= 4 is 39.7 Å². The van der Waals surface area contributed by atoms with E-state index in [2.05, 4.69) is 10.3 Å². The van der Waals surface area contributed by atoms with Gasteiger partial charge in [0.1, 0.15) is 5.75 Å². The molecule has 1 heterocycles. The molecule has 128 valence electrons. The van der Waals surface area contributed by atoms with Crippen LogP contribution >= 0.6 is 22.9 Å². The Bertz CT molecular complexity index is 876. The van der Waals surface area contributed by atoms with Gasteiger partial charge in [-0.1, -0.05) is 11.6 Å². The van der Waals surface area contributed by atoms with E-state index in [1.165, 1.54) is 11.3 Å². The molecule has 0 saturated heterocycles. The lowest BCUT2D eigenvalue weighted by atomic mass is 10.1. The normalized spacial score (nSPS) is 10.5. The Kier molecular flexibility index (Phi) is 5.21. The highest BCUT2D eigenvalue weighted by molar-refractivity contribution is 7.16. The van der Waals surface area contributed by atoms with Crippen molar-refractivity contribution in [2.45, 2.75) is 6.42 Å². The van der Waals surface area contributed by atoms with Gasteiger partial charge < -0.3 is 20.0 Å². The number of aromatic nitrogens is 1. The number of aliphatic carboxylic acids is 1. The average molecular weight is 374 g/mol. The van der Waals surface area contributed by atoms with Crippen LogP contribution < -0.4 is 15.2 Å². The maximum absolute atomic E-state index is 11.1. The summed E-state index contributed by atoms with van der Waals surface area (Å²) in [5, 5.41) is 15.5. The maximum Gasteiger partial charge on any atom is 0.187 e. The van der Waals surface area contributed by atoms with Crippen molar-refractivity contribution in [3.8, 4) is 17.0 Å². The number of anilines is 2. The molecule has 0 amide bonds. The molecule has 0 aliphatic rings. The second kappa shape index (κ2) is 7.55. The summed E-state index contributed by atoms with van der Waals surface area (Å²) >= 11 is 7.17. The highest BCUT2D eigenvalue weighted by Gasteiger charge is 2.14. The van der Waals surface area contributed by atoms with Gasteiger partial charge in [-0.25, -0.2) is 4.98 Å². The number of carboxylic acids is 1. The Morgan fingerprint density at radius 3 is 2.48 bits per heavy atom. The predicted molar refractivity (Wildman–Crippen MR) is 97.5 cm³/mol. The van der Waals surface area contributed by atoms with Gasteiger partial charge in [-0.15, -0.1) is 11.3 Å². The fraction of sp³-hybridized carbons (Fsp3) is 0.111. The van der Waals surface area contributed by atoms with Gasteiger partial charge in [0.25, 0.3) is 0 Å². The summed E-state index contributed by atoms with van der Waals surface area (Å²) in [6, 6.07) is 14.5. The number of methoxy groups -OCH3 is 1. The third kappa shape index (κ3) is 4.29. The molecule has 0 aliphatic carbocycles. The van der Waals surface area contributed by atoms with Gasteiger partial charge >= 0.3 is 0 Å². The van der Waals surface area contributed by atoms with Crippen LogP contribution in [0.2, 0.25) is 5.02 Å². The van der Waals surface area contributed by atoms with E-state index in [0.29, 0.717) is 20.7 Å². The lowest BCUT2D eigenvalue weighted by molar-refractivity contribution is -0.304. The molecule has 0 spiro atoms. The van der Waals surface area contributed by atoms with Gasteiger partial charge in [0.05, 0.1) is 12.8 Å². The number of halogens is 1. The van der Waals surface area contributed by atoms with E-state index in [4.69, 9.17) is 16.3 Å². The first-order valence-corrected chi connectivity index (χ1v) is 8.61. The maximum atomic E-state index is 11.1. The summed E-state index contributed by atoms with van der Waals surface area (Å²) in [5.41, 5.74) is 2.25. The minimum Gasteiger partial charge on any atom is -0.550 e. The summed E-state index contributed by atoms with van der Waals surface area (Å²) in [6.45, 7) is 0. The number of hydrogen-bond acceptors (Lipinski definition) is 6. The van der Waals surface area contributed by atoms with Crippen LogP contribution in [0, 0.1) is 0 Å². The van der Waals surface area contributed by atoms with Crippen molar-refractivity contribution in [2.75, 3.05) is 12.4 Å². The van der Waals surface area contributed by atoms with Crippen molar-refractivity contribution < 1.29 is 14.6 Å².